The highest BCUT2D eigenvalue weighted by atomic mass is 19.1. The Labute approximate surface area is 225 Å². The third-order valence-electron chi connectivity index (χ3n) is 9.26. The summed E-state index contributed by atoms with van der Waals surface area (Å²) < 4.78 is 16.1. The molecule has 5 rings (SSSR count). The number of ketones is 2. The first-order valence-electron chi connectivity index (χ1n) is 13.2. The summed E-state index contributed by atoms with van der Waals surface area (Å²) in [5.41, 5.74) is 1.93. The molecule has 6 N–H and O–H groups in total. The number of rotatable bonds is 4. The monoisotopic (exact) mass is 543 g/mol. The number of phenolic OH excluding ortho intramolecular Hbond substituents is 1. The van der Waals surface area contributed by atoms with Crippen molar-refractivity contribution in [1.82, 2.24) is 9.80 Å². The zero-order valence-electron chi connectivity index (χ0n) is 22.4. The lowest BCUT2D eigenvalue weighted by Gasteiger charge is -2.50. The van der Waals surface area contributed by atoms with Crippen molar-refractivity contribution in [2.24, 2.45) is 17.6 Å². The highest BCUT2D eigenvalue weighted by molar-refractivity contribution is 6.24. The van der Waals surface area contributed by atoms with Crippen LogP contribution in [-0.4, -0.2) is 86.0 Å². The number of Topliss-reactive ketones (excluding diaryl/α,β-unsaturated/α-hetero) is 2. The van der Waals surface area contributed by atoms with Crippen LogP contribution in [-0.2, 0) is 29.0 Å². The molecule has 3 aliphatic carbocycles. The summed E-state index contributed by atoms with van der Waals surface area (Å²) in [6.45, 7) is 4.96. The van der Waals surface area contributed by atoms with E-state index in [1.165, 1.54) is 4.90 Å². The van der Waals surface area contributed by atoms with Crippen LogP contribution in [0.3, 0.4) is 0 Å². The van der Waals surface area contributed by atoms with Gasteiger partial charge in [-0.05, 0) is 52.6 Å². The van der Waals surface area contributed by atoms with Crippen molar-refractivity contribution < 1.29 is 39.2 Å². The Hall–Kier alpha value is -3.28. The smallest absolute Gasteiger partial charge is 0.255 e. The molecular weight excluding hydrogens is 509 g/mol. The number of halogens is 1. The van der Waals surface area contributed by atoms with Crippen LogP contribution in [0, 0.1) is 17.7 Å². The molecule has 5 atom stereocenters. The van der Waals surface area contributed by atoms with Gasteiger partial charge in [-0.3, -0.25) is 24.2 Å². The van der Waals surface area contributed by atoms with Crippen LogP contribution < -0.4 is 5.73 Å². The highest BCUT2D eigenvalue weighted by Gasteiger charge is 2.63. The molecule has 1 aromatic rings. The van der Waals surface area contributed by atoms with Gasteiger partial charge < -0.3 is 26.2 Å². The molecule has 0 bridgehead atoms. The number of phenols is 1. The number of benzene rings is 1. The number of nitrogens with zero attached hydrogens (tertiary/aromatic N) is 2. The van der Waals surface area contributed by atoms with Crippen molar-refractivity contribution >= 4 is 17.5 Å². The van der Waals surface area contributed by atoms with E-state index < -0.39 is 63.9 Å². The number of aliphatic hydroxyl groups excluding tert-OH is 2. The average molecular weight is 544 g/mol. The highest BCUT2D eigenvalue weighted by Crippen LogP contribution is 2.53. The average Bonchev–Trinajstić information content (AvgIpc) is 2.88. The molecule has 0 saturated heterocycles. The molecule has 0 aromatic heterocycles. The number of primary amides is 1. The fraction of sp³-hybridized carbons (Fsp3) is 0.536. The van der Waals surface area contributed by atoms with Gasteiger partial charge in [0.2, 0.25) is 5.78 Å². The van der Waals surface area contributed by atoms with Crippen molar-refractivity contribution in [3.05, 3.63) is 50.7 Å². The lowest BCUT2D eigenvalue weighted by atomic mass is 9.58. The first-order valence-corrected chi connectivity index (χ1v) is 13.2. The number of likely N-dealkylation sites (N-methyl/N-ethyl adjacent to an activating group) is 1. The molecule has 0 spiro atoms. The van der Waals surface area contributed by atoms with Gasteiger partial charge >= 0.3 is 0 Å². The van der Waals surface area contributed by atoms with Crippen LogP contribution in [0.25, 0.3) is 0 Å². The summed E-state index contributed by atoms with van der Waals surface area (Å²) in [5.74, 6) is -7.94. The number of hydrogen-bond acceptors (Lipinski definition) is 9. The van der Waals surface area contributed by atoms with Crippen LogP contribution in [0.5, 0.6) is 5.75 Å². The van der Waals surface area contributed by atoms with Crippen LogP contribution in [0.4, 0.5) is 4.39 Å². The van der Waals surface area contributed by atoms with Gasteiger partial charge in [0.25, 0.3) is 5.91 Å². The Morgan fingerprint density at radius 3 is 2.46 bits per heavy atom. The Bertz CT molecular complexity index is 1380. The SMILES string of the molecule is CC[C@@H](C)N1CCc2c(O)c3c(c(F)c2C1)C[C@H]1C[C@H]2[C@H](N(C)C)C(O)=C(C(N)=O)C(=O)[C@@]2(O)C(O)=C1C3=O. The fourth-order valence-corrected chi connectivity index (χ4v) is 7.05. The number of carbonyl (C=O) groups excluding carboxylic acids is 3. The van der Waals surface area contributed by atoms with E-state index in [0.29, 0.717) is 24.1 Å². The largest absolute Gasteiger partial charge is 0.510 e. The van der Waals surface area contributed by atoms with Crippen LogP contribution >= 0.6 is 0 Å². The van der Waals surface area contributed by atoms with Crippen LogP contribution in [0.15, 0.2) is 22.7 Å². The second-order valence-corrected chi connectivity index (χ2v) is 11.4. The molecule has 1 aromatic carbocycles. The molecule has 1 aliphatic heterocycles. The molecule has 0 radical (unpaired) electrons. The summed E-state index contributed by atoms with van der Waals surface area (Å²) in [7, 11) is 3.11. The number of fused-ring (bicyclic) bond motifs is 4. The second kappa shape index (κ2) is 9.14. The van der Waals surface area contributed by atoms with E-state index in [-0.39, 0.29) is 47.9 Å². The van der Waals surface area contributed by atoms with Crippen molar-refractivity contribution in [3.63, 3.8) is 0 Å². The predicted molar refractivity (Wildman–Crippen MR) is 137 cm³/mol. The number of carbonyl (C=O) groups is 3. The van der Waals surface area contributed by atoms with E-state index in [1.54, 1.807) is 14.1 Å². The number of aliphatic hydroxyl groups is 3. The minimum atomic E-state index is -2.72. The summed E-state index contributed by atoms with van der Waals surface area (Å²) in [6.07, 6.45) is 1.06. The normalized spacial score (nSPS) is 29.7. The van der Waals surface area contributed by atoms with Crippen molar-refractivity contribution in [3.8, 4) is 5.75 Å². The third kappa shape index (κ3) is 3.59. The number of hydrogen-bond donors (Lipinski definition) is 5. The van der Waals surface area contributed by atoms with E-state index in [1.807, 2.05) is 13.8 Å². The minimum absolute atomic E-state index is 0.0374. The molecule has 11 heteroatoms. The third-order valence-corrected chi connectivity index (χ3v) is 9.26. The van der Waals surface area contributed by atoms with Crippen LogP contribution in [0.2, 0.25) is 0 Å². The van der Waals surface area contributed by atoms with Gasteiger partial charge in [0.15, 0.2) is 11.4 Å². The number of allylic oxidation sites excluding steroid dienone is 1. The topological polar surface area (TPSA) is 165 Å². The summed E-state index contributed by atoms with van der Waals surface area (Å²) in [5, 5.41) is 45.1. The molecule has 39 heavy (non-hydrogen) atoms. The van der Waals surface area contributed by atoms with Gasteiger partial charge in [-0.25, -0.2) is 4.39 Å². The Kier molecular flexibility index (Phi) is 6.40. The van der Waals surface area contributed by atoms with Crippen molar-refractivity contribution in [1.29, 1.82) is 0 Å². The maximum atomic E-state index is 16.1. The number of amides is 1. The van der Waals surface area contributed by atoms with Gasteiger partial charge in [0.05, 0.1) is 11.6 Å². The molecule has 1 heterocycles. The Morgan fingerprint density at radius 1 is 1.21 bits per heavy atom. The minimum Gasteiger partial charge on any atom is -0.510 e. The molecule has 1 amide bonds. The van der Waals surface area contributed by atoms with E-state index >= 15 is 4.39 Å². The predicted octanol–water partition coefficient (Wildman–Crippen LogP) is 1.42. The van der Waals surface area contributed by atoms with E-state index in [0.717, 1.165) is 6.42 Å². The zero-order chi connectivity index (χ0) is 28.7. The number of aromatic hydroxyl groups is 1. The maximum Gasteiger partial charge on any atom is 0.255 e. The molecule has 210 valence electrons. The fourth-order valence-electron chi connectivity index (χ4n) is 7.05. The Balaban J connectivity index is 1.68. The van der Waals surface area contributed by atoms with Gasteiger partial charge in [-0.1, -0.05) is 6.92 Å². The van der Waals surface area contributed by atoms with E-state index in [9.17, 15) is 34.8 Å². The zero-order valence-corrected chi connectivity index (χ0v) is 22.4. The first kappa shape index (κ1) is 27.3. The Morgan fingerprint density at radius 2 is 1.87 bits per heavy atom. The molecule has 0 fully saturated rings. The lowest BCUT2D eigenvalue weighted by Crippen LogP contribution is -2.63. The quantitative estimate of drug-likeness (QED) is 0.353. The second-order valence-electron chi connectivity index (χ2n) is 11.4. The molecule has 0 saturated carbocycles. The van der Waals surface area contributed by atoms with E-state index in [2.05, 4.69) is 4.90 Å². The molecule has 10 nitrogen and oxygen atoms in total. The standard InChI is InChI=1S/C28H34FN3O7/c1-5-11(2)32-7-6-13-15(10-32)20(29)14-8-12-9-16-21(31(3)4)24(35)19(27(30)38)26(37)28(16,39)25(36)17(12)23(34)18(14)22(13)33/h11-12,16,21,33,35-36,39H,5-10H2,1-4H3,(H2,30,38)/t11-,12+,16+,21+,28+/m1/s1. The van der Waals surface area contributed by atoms with Gasteiger partial charge in [0, 0.05) is 47.3 Å². The summed E-state index contributed by atoms with van der Waals surface area (Å²) >= 11 is 0. The van der Waals surface area contributed by atoms with Crippen molar-refractivity contribution in [2.45, 2.75) is 63.8 Å². The van der Waals surface area contributed by atoms with E-state index in [4.69, 9.17) is 5.73 Å². The van der Waals surface area contributed by atoms with Crippen molar-refractivity contribution in [2.75, 3.05) is 20.6 Å². The van der Waals surface area contributed by atoms with Gasteiger partial charge in [-0.2, -0.15) is 0 Å². The van der Waals surface area contributed by atoms with Crippen LogP contribution in [0.1, 0.15) is 53.7 Å². The first-order chi connectivity index (χ1) is 18.3. The summed E-state index contributed by atoms with van der Waals surface area (Å²) in [6, 6.07) is -0.890. The van der Waals surface area contributed by atoms with Gasteiger partial charge in [-0.15, -0.1) is 0 Å². The molecular formula is C28H34FN3O7. The maximum absolute atomic E-state index is 16.1. The lowest BCUT2D eigenvalue weighted by molar-refractivity contribution is -0.148. The molecule has 4 aliphatic rings. The molecule has 0 unspecified atom stereocenters. The number of nitrogens with two attached hydrogens (primary N) is 1. The van der Waals surface area contributed by atoms with Gasteiger partial charge in [0.1, 0.15) is 28.7 Å². The summed E-state index contributed by atoms with van der Waals surface area (Å²) in [4.78, 5) is 42.9.